The molecular formula is C26H26N2O6. The van der Waals surface area contributed by atoms with Gasteiger partial charge < -0.3 is 25.3 Å². The van der Waals surface area contributed by atoms with Crippen molar-refractivity contribution < 1.29 is 29.0 Å². The second-order valence-corrected chi connectivity index (χ2v) is 8.50. The lowest BCUT2D eigenvalue weighted by molar-refractivity contribution is -0.136. The van der Waals surface area contributed by atoms with Crippen LogP contribution in [-0.2, 0) is 15.1 Å². The number of Topliss-reactive ketones (excluding diaryl/α,β-unsaturated/α-hetero) is 1. The molecule has 8 nitrogen and oxygen atoms in total. The molecule has 0 amide bonds. The van der Waals surface area contributed by atoms with Crippen LogP contribution in [0.15, 0.2) is 48.0 Å². The summed E-state index contributed by atoms with van der Waals surface area (Å²) in [6, 6.07) is 11.3. The molecule has 8 heteroatoms. The topological polar surface area (TPSA) is 132 Å². The van der Waals surface area contributed by atoms with Crippen LogP contribution in [0.3, 0.4) is 0 Å². The van der Waals surface area contributed by atoms with Gasteiger partial charge in [-0.15, -0.1) is 0 Å². The number of esters is 1. The van der Waals surface area contributed by atoms with Gasteiger partial charge in [0.2, 0.25) is 0 Å². The van der Waals surface area contributed by atoms with Crippen molar-refractivity contribution in [1.82, 2.24) is 4.98 Å². The number of allylic oxidation sites excluding steroid dienone is 1. The summed E-state index contributed by atoms with van der Waals surface area (Å²) in [5.74, 6) is -1.21. The standard InChI is InChI=1S/C26H26N2O6/c1-26(27,23(29)14-7-10-16(33-2)11-8-14)22-21(17-5-4-6-18(17)25(32)34-3)19-12-9-15(24(30)31)13-20(19)28-22/h7-13,28H,4-6,27H2,1-3H3,(H,30,31). The van der Waals surface area contributed by atoms with Gasteiger partial charge >= 0.3 is 11.9 Å². The van der Waals surface area contributed by atoms with E-state index in [0.29, 0.717) is 51.9 Å². The Bertz CT molecular complexity index is 1330. The SMILES string of the molecule is COC(=O)C1=C(c2c(C(C)(N)C(=O)c3ccc(OC)cc3)[nH]c3cc(C(=O)O)ccc23)CCC1. The maximum absolute atomic E-state index is 13.6. The zero-order chi connectivity index (χ0) is 24.6. The fourth-order valence-electron chi connectivity index (χ4n) is 4.56. The molecule has 0 aliphatic heterocycles. The summed E-state index contributed by atoms with van der Waals surface area (Å²) in [4.78, 5) is 40.8. The molecule has 0 radical (unpaired) electrons. The number of benzene rings is 2. The highest BCUT2D eigenvalue weighted by molar-refractivity contribution is 6.09. The summed E-state index contributed by atoms with van der Waals surface area (Å²) in [5.41, 5.74) is 8.59. The van der Waals surface area contributed by atoms with E-state index >= 15 is 0 Å². The van der Waals surface area contributed by atoms with Gasteiger partial charge in [0.25, 0.3) is 0 Å². The van der Waals surface area contributed by atoms with Crippen molar-refractivity contribution in [1.29, 1.82) is 0 Å². The molecule has 1 aromatic heterocycles. The third-order valence-corrected chi connectivity index (χ3v) is 6.34. The van der Waals surface area contributed by atoms with Gasteiger partial charge in [0.1, 0.15) is 11.3 Å². The third-order valence-electron chi connectivity index (χ3n) is 6.34. The molecule has 0 saturated heterocycles. The van der Waals surface area contributed by atoms with Crippen molar-refractivity contribution in [3.8, 4) is 5.75 Å². The van der Waals surface area contributed by atoms with E-state index < -0.39 is 17.5 Å². The molecule has 176 valence electrons. The van der Waals surface area contributed by atoms with Gasteiger partial charge in [-0.3, -0.25) is 4.79 Å². The summed E-state index contributed by atoms with van der Waals surface area (Å²) >= 11 is 0. The number of hydrogen-bond donors (Lipinski definition) is 3. The number of carbonyl (C=O) groups excluding carboxylic acids is 2. The molecule has 4 N–H and O–H groups in total. The maximum Gasteiger partial charge on any atom is 0.335 e. The molecule has 0 fully saturated rings. The Balaban J connectivity index is 1.95. The molecule has 1 unspecified atom stereocenters. The van der Waals surface area contributed by atoms with Crippen LogP contribution in [0.5, 0.6) is 5.75 Å². The number of carboxylic acids is 1. The van der Waals surface area contributed by atoms with Crippen LogP contribution >= 0.6 is 0 Å². The molecule has 1 heterocycles. The van der Waals surface area contributed by atoms with Gasteiger partial charge in [-0.2, -0.15) is 0 Å². The van der Waals surface area contributed by atoms with E-state index in [1.165, 1.54) is 19.2 Å². The first kappa shape index (κ1) is 23.3. The molecule has 0 saturated carbocycles. The number of aromatic amines is 1. The van der Waals surface area contributed by atoms with Crippen molar-refractivity contribution in [2.75, 3.05) is 14.2 Å². The molecule has 1 aliphatic rings. The summed E-state index contributed by atoms with van der Waals surface area (Å²) < 4.78 is 10.2. The number of hydrogen-bond acceptors (Lipinski definition) is 6. The van der Waals surface area contributed by atoms with E-state index in [2.05, 4.69) is 4.98 Å². The van der Waals surface area contributed by atoms with E-state index in [1.807, 2.05) is 0 Å². The van der Waals surface area contributed by atoms with E-state index in [9.17, 15) is 19.5 Å². The van der Waals surface area contributed by atoms with E-state index in [-0.39, 0.29) is 11.3 Å². The minimum absolute atomic E-state index is 0.0978. The average Bonchev–Trinajstić information content (AvgIpc) is 3.47. The molecule has 4 rings (SSSR count). The second-order valence-electron chi connectivity index (χ2n) is 8.50. The van der Waals surface area contributed by atoms with E-state index in [1.54, 1.807) is 44.4 Å². The predicted octanol–water partition coefficient (Wildman–Crippen LogP) is 4.04. The number of rotatable bonds is 7. The smallest absolute Gasteiger partial charge is 0.335 e. The number of ketones is 1. The number of carbonyl (C=O) groups is 3. The molecule has 0 spiro atoms. The number of H-pyrrole nitrogens is 1. The summed E-state index contributed by atoms with van der Waals surface area (Å²) in [6.45, 7) is 1.61. The lowest BCUT2D eigenvalue weighted by atomic mass is 9.84. The lowest BCUT2D eigenvalue weighted by Gasteiger charge is -2.25. The van der Waals surface area contributed by atoms with Crippen molar-refractivity contribution in [2.24, 2.45) is 5.73 Å². The molecule has 2 aromatic carbocycles. The summed E-state index contributed by atoms with van der Waals surface area (Å²) in [5, 5.41) is 10.1. The molecule has 3 aromatic rings. The van der Waals surface area contributed by atoms with E-state index in [4.69, 9.17) is 15.2 Å². The highest BCUT2D eigenvalue weighted by Gasteiger charge is 2.38. The first-order valence-electron chi connectivity index (χ1n) is 10.9. The van der Waals surface area contributed by atoms with Crippen molar-refractivity contribution in [2.45, 2.75) is 31.7 Å². The van der Waals surface area contributed by atoms with Gasteiger partial charge in [0.15, 0.2) is 5.78 Å². The van der Waals surface area contributed by atoms with Crippen LogP contribution in [0.2, 0.25) is 0 Å². The Morgan fingerprint density at radius 1 is 1.03 bits per heavy atom. The van der Waals surface area contributed by atoms with Crippen LogP contribution in [0.1, 0.15) is 58.2 Å². The Morgan fingerprint density at radius 3 is 2.32 bits per heavy atom. The lowest BCUT2D eigenvalue weighted by Crippen LogP contribution is -2.43. The van der Waals surface area contributed by atoms with Crippen LogP contribution in [0.4, 0.5) is 0 Å². The number of aromatic carboxylic acids is 1. The minimum Gasteiger partial charge on any atom is -0.497 e. The quantitative estimate of drug-likeness (QED) is 0.357. The number of nitrogens with two attached hydrogens (primary N) is 1. The Labute approximate surface area is 196 Å². The fraction of sp³-hybridized carbons (Fsp3) is 0.269. The van der Waals surface area contributed by atoms with Gasteiger partial charge in [-0.25, -0.2) is 9.59 Å². The Hall–Kier alpha value is -3.91. The fourth-order valence-corrected chi connectivity index (χ4v) is 4.56. The highest BCUT2D eigenvalue weighted by Crippen LogP contribution is 2.43. The van der Waals surface area contributed by atoms with Crippen LogP contribution in [-0.4, -0.2) is 42.0 Å². The molecule has 1 aliphatic carbocycles. The van der Waals surface area contributed by atoms with Gasteiger partial charge in [-0.05, 0) is 68.2 Å². The number of aromatic nitrogens is 1. The molecule has 34 heavy (non-hydrogen) atoms. The number of fused-ring (bicyclic) bond motifs is 1. The number of carboxylic acid groups (broad SMARTS) is 1. The first-order chi connectivity index (χ1) is 16.2. The summed E-state index contributed by atoms with van der Waals surface area (Å²) in [7, 11) is 2.88. The molecule has 1 atom stereocenters. The normalized spacial score (nSPS) is 15.3. The predicted molar refractivity (Wildman–Crippen MR) is 127 cm³/mol. The largest absolute Gasteiger partial charge is 0.497 e. The highest BCUT2D eigenvalue weighted by atomic mass is 16.5. The monoisotopic (exact) mass is 462 g/mol. The number of methoxy groups -OCH3 is 2. The Kier molecular flexibility index (Phi) is 6.01. The van der Waals surface area contributed by atoms with Crippen LogP contribution < -0.4 is 10.5 Å². The zero-order valence-corrected chi connectivity index (χ0v) is 19.2. The van der Waals surface area contributed by atoms with Crippen molar-refractivity contribution >= 4 is 34.2 Å². The number of ether oxygens (including phenoxy) is 2. The van der Waals surface area contributed by atoms with Crippen LogP contribution in [0.25, 0.3) is 16.5 Å². The van der Waals surface area contributed by atoms with Gasteiger partial charge in [-0.1, -0.05) is 6.07 Å². The van der Waals surface area contributed by atoms with Crippen LogP contribution in [0, 0.1) is 0 Å². The molecule has 0 bridgehead atoms. The van der Waals surface area contributed by atoms with Crippen molar-refractivity contribution in [3.63, 3.8) is 0 Å². The zero-order valence-electron chi connectivity index (χ0n) is 19.2. The molecular weight excluding hydrogens is 436 g/mol. The van der Waals surface area contributed by atoms with E-state index in [0.717, 1.165) is 12.0 Å². The first-order valence-corrected chi connectivity index (χ1v) is 10.9. The maximum atomic E-state index is 13.6. The Morgan fingerprint density at radius 2 is 1.71 bits per heavy atom. The average molecular weight is 463 g/mol. The van der Waals surface area contributed by atoms with Gasteiger partial charge in [0, 0.05) is 27.6 Å². The third kappa shape index (κ3) is 3.86. The van der Waals surface area contributed by atoms with Gasteiger partial charge in [0.05, 0.1) is 25.5 Å². The second kappa shape index (κ2) is 8.79. The summed E-state index contributed by atoms with van der Waals surface area (Å²) in [6.07, 6.45) is 1.92. The minimum atomic E-state index is -1.50. The number of nitrogens with one attached hydrogen (secondary N) is 1. The van der Waals surface area contributed by atoms with Crippen molar-refractivity contribution in [3.05, 3.63) is 70.4 Å².